The van der Waals surface area contributed by atoms with Gasteiger partial charge in [-0.3, -0.25) is 9.59 Å². The molecule has 0 amide bonds. The van der Waals surface area contributed by atoms with Crippen molar-refractivity contribution >= 4 is 21.9 Å². The summed E-state index contributed by atoms with van der Waals surface area (Å²) in [5.74, 6) is -5.22. The van der Waals surface area contributed by atoms with Crippen LogP contribution in [0, 0.1) is 0 Å². The molecule has 0 spiro atoms. The summed E-state index contributed by atoms with van der Waals surface area (Å²) in [5, 5.41) is 82.0. The quantitative estimate of drug-likeness (QED) is 0.137. The van der Waals surface area contributed by atoms with Crippen LogP contribution in [-0.2, 0) is 0 Å². The minimum Gasteiger partial charge on any atom is -0.508 e. The number of rotatable bonds is 3. The fraction of sp³-hybridized carbons (Fsp3) is 0. The molecule has 0 saturated carbocycles. The number of benzene rings is 4. The van der Waals surface area contributed by atoms with E-state index in [4.69, 9.17) is 8.83 Å². The van der Waals surface area contributed by atoms with Crippen LogP contribution in [0.25, 0.3) is 55.7 Å². The fourth-order valence-electron chi connectivity index (χ4n) is 4.79. The molecular formula is C30H18O12. The molecular weight excluding hydrogens is 552 g/mol. The highest BCUT2D eigenvalue weighted by atomic mass is 16.3. The Morgan fingerprint density at radius 3 is 1.90 bits per heavy atom. The highest BCUT2D eigenvalue weighted by molar-refractivity contribution is 6.05. The molecule has 0 radical (unpaired) electrons. The van der Waals surface area contributed by atoms with E-state index >= 15 is 0 Å². The number of phenols is 8. The van der Waals surface area contributed by atoms with Crippen molar-refractivity contribution < 1.29 is 49.7 Å². The Balaban J connectivity index is 1.72. The van der Waals surface area contributed by atoms with Gasteiger partial charge < -0.3 is 49.7 Å². The van der Waals surface area contributed by atoms with Crippen LogP contribution in [0.3, 0.4) is 0 Å². The van der Waals surface area contributed by atoms with Crippen LogP contribution < -0.4 is 10.9 Å². The van der Waals surface area contributed by atoms with E-state index in [1.165, 1.54) is 12.1 Å². The average Bonchev–Trinajstić information content (AvgIpc) is 2.91. The first-order chi connectivity index (χ1) is 19.9. The van der Waals surface area contributed by atoms with Gasteiger partial charge in [0.1, 0.15) is 50.9 Å². The Bertz CT molecular complexity index is 2230. The topological polar surface area (TPSA) is 222 Å². The molecule has 6 aromatic rings. The molecule has 0 fully saturated rings. The minimum absolute atomic E-state index is 0.107. The number of hydrogen-bond donors (Lipinski definition) is 8. The van der Waals surface area contributed by atoms with Crippen molar-refractivity contribution in [3.05, 3.63) is 81.1 Å². The maximum Gasteiger partial charge on any atom is 0.197 e. The van der Waals surface area contributed by atoms with E-state index in [1.54, 1.807) is 0 Å². The lowest BCUT2D eigenvalue weighted by Gasteiger charge is -2.16. The summed E-state index contributed by atoms with van der Waals surface area (Å²) in [6.45, 7) is 0. The maximum atomic E-state index is 13.2. The second kappa shape index (κ2) is 9.13. The zero-order valence-corrected chi connectivity index (χ0v) is 21.0. The van der Waals surface area contributed by atoms with E-state index in [1.807, 2.05) is 0 Å². The predicted molar refractivity (Wildman–Crippen MR) is 148 cm³/mol. The molecule has 0 aliphatic heterocycles. The zero-order chi connectivity index (χ0) is 30.0. The number of hydrogen-bond acceptors (Lipinski definition) is 12. The van der Waals surface area contributed by atoms with Gasteiger partial charge >= 0.3 is 0 Å². The summed E-state index contributed by atoms with van der Waals surface area (Å²) in [7, 11) is 0. The molecule has 8 N–H and O–H groups in total. The Labute approximate surface area is 232 Å². The summed E-state index contributed by atoms with van der Waals surface area (Å²) in [4.78, 5) is 26.1. The number of phenolic OH excluding ortho intramolecular Hbond substituents is 8. The van der Waals surface area contributed by atoms with Crippen LogP contribution in [0.2, 0.25) is 0 Å². The van der Waals surface area contributed by atoms with Crippen molar-refractivity contribution in [2.24, 2.45) is 0 Å². The van der Waals surface area contributed by atoms with Gasteiger partial charge in [0.2, 0.25) is 0 Å². The van der Waals surface area contributed by atoms with Crippen LogP contribution in [0.5, 0.6) is 46.0 Å². The van der Waals surface area contributed by atoms with Gasteiger partial charge in [0, 0.05) is 47.0 Å². The van der Waals surface area contributed by atoms with Crippen LogP contribution in [0.1, 0.15) is 0 Å². The van der Waals surface area contributed by atoms with Crippen molar-refractivity contribution in [3.8, 4) is 79.8 Å². The molecule has 12 nitrogen and oxygen atoms in total. The Morgan fingerprint density at radius 1 is 0.500 bits per heavy atom. The zero-order valence-electron chi connectivity index (χ0n) is 21.0. The Kier molecular flexibility index (Phi) is 5.64. The molecule has 6 rings (SSSR count). The summed E-state index contributed by atoms with van der Waals surface area (Å²) in [6, 6.07) is 10.7. The summed E-state index contributed by atoms with van der Waals surface area (Å²) in [6.07, 6.45) is 0. The molecule has 4 aromatic carbocycles. The molecule has 2 aromatic heterocycles. The molecule has 42 heavy (non-hydrogen) atoms. The third kappa shape index (κ3) is 3.93. The predicted octanol–water partition coefficient (Wildman–Crippen LogP) is 4.55. The summed E-state index contributed by atoms with van der Waals surface area (Å²) >= 11 is 0. The molecule has 0 bridgehead atoms. The van der Waals surface area contributed by atoms with Gasteiger partial charge in [-0.15, -0.1) is 0 Å². The third-order valence-corrected chi connectivity index (χ3v) is 6.69. The Hall–Kier alpha value is -6.30. The van der Waals surface area contributed by atoms with Gasteiger partial charge in [0.25, 0.3) is 0 Å². The van der Waals surface area contributed by atoms with E-state index in [9.17, 15) is 50.4 Å². The monoisotopic (exact) mass is 570 g/mol. The first-order valence-corrected chi connectivity index (χ1v) is 12.0. The molecule has 0 unspecified atom stereocenters. The van der Waals surface area contributed by atoms with Crippen molar-refractivity contribution in [3.63, 3.8) is 0 Å². The second-order valence-corrected chi connectivity index (χ2v) is 9.34. The lowest BCUT2D eigenvalue weighted by atomic mass is 9.93. The lowest BCUT2D eigenvalue weighted by Crippen LogP contribution is -2.03. The molecule has 2 heterocycles. The van der Waals surface area contributed by atoms with Crippen LogP contribution in [-0.4, -0.2) is 40.9 Å². The summed E-state index contributed by atoms with van der Waals surface area (Å²) in [5.41, 5.74) is -2.96. The number of fused-ring (bicyclic) bond motifs is 2. The molecule has 0 atom stereocenters. The van der Waals surface area contributed by atoms with Crippen molar-refractivity contribution in [2.45, 2.75) is 0 Å². The van der Waals surface area contributed by atoms with E-state index in [0.29, 0.717) is 0 Å². The van der Waals surface area contributed by atoms with Gasteiger partial charge in [-0.1, -0.05) is 0 Å². The van der Waals surface area contributed by atoms with Crippen LogP contribution >= 0.6 is 0 Å². The molecule has 0 aliphatic carbocycles. The average molecular weight is 570 g/mol. The highest BCUT2D eigenvalue weighted by Gasteiger charge is 2.27. The molecule has 210 valence electrons. The third-order valence-electron chi connectivity index (χ3n) is 6.69. The fourth-order valence-corrected chi connectivity index (χ4v) is 4.79. The molecule has 12 heteroatoms. The van der Waals surface area contributed by atoms with Crippen molar-refractivity contribution in [2.75, 3.05) is 0 Å². The molecule has 0 saturated heterocycles. The van der Waals surface area contributed by atoms with Gasteiger partial charge in [0.05, 0.1) is 5.56 Å². The van der Waals surface area contributed by atoms with Gasteiger partial charge in [-0.2, -0.15) is 0 Å². The van der Waals surface area contributed by atoms with Gasteiger partial charge in [0.15, 0.2) is 39.4 Å². The van der Waals surface area contributed by atoms with E-state index in [0.717, 1.165) is 48.5 Å². The smallest absolute Gasteiger partial charge is 0.197 e. The second-order valence-electron chi connectivity index (χ2n) is 9.34. The van der Waals surface area contributed by atoms with Gasteiger partial charge in [-0.05, 0) is 30.3 Å². The van der Waals surface area contributed by atoms with Crippen LogP contribution in [0.4, 0.5) is 0 Å². The normalized spacial score (nSPS) is 11.3. The van der Waals surface area contributed by atoms with E-state index in [2.05, 4.69) is 0 Å². The lowest BCUT2D eigenvalue weighted by molar-refractivity contribution is 0.404. The standard InChI is InChI=1S/C30H18O12/c31-12-6-17(35)26-20(38)10-23(41-24(26)7-12)13-2-4-15(33)29(40)25(13)28-19(37)8-18(36)27-21(39)9-22(42-30(27)28)11-1-3-14(32)16(34)5-11/h1-10,31-37,40H. The van der Waals surface area contributed by atoms with E-state index < -0.39 is 73.4 Å². The largest absolute Gasteiger partial charge is 0.508 e. The number of aromatic hydroxyl groups is 8. The van der Waals surface area contributed by atoms with Crippen LogP contribution in [0.15, 0.2) is 79.1 Å². The Morgan fingerprint density at radius 2 is 1.17 bits per heavy atom. The van der Waals surface area contributed by atoms with E-state index in [-0.39, 0.29) is 39.2 Å². The molecule has 0 aliphatic rings. The first-order valence-electron chi connectivity index (χ1n) is 12.0. The van der Waals surface area contributed by atoms with Crippen molar-refractivity contribution in [1.29, 1.82) is 0 Å². The van der Waals surface area contributed by atoms with Gasteiger partial charge in [-0.25, -0.2) is 0 Å². The summed E-state index contributed by atoms with van der Waals surface area (Å²) < 4.78 is 11.7. The van der Waals surface area contributed by atoms with Crippen molar-refractivity contribution in [1.82, 2.24) is 0 Å². The minimum atomic E-state index is -0.827. The maximum absolute atomic E-state index is 13.2. The first kappa shape index (κ1) is 26.0. The SMILES string of the molecule is O=c1cc(-c2ccc(O)c(O)c2-c2c(O)cc(O)c3c(=O)cc(-c4ccc(O)c(O)c4)oc23)oc2cc(O)cc(O)c12. The highest BCUT2D eigenvalue weighted by Crippen LogP contribution is 2.51.